The second-order valence-corrected chi connectivity index (χ2v) is 12.4. The van der Waals surface area contributed by atoms with Crippen molar-refractivity contribution in [3.8, 4) is 5.75 Å². The molecule has 6 heterocycles. The van der Waals surface area contributed by atoms with Crippen molar-refractivity contribution in [3.05, 3.63) is 58.7 Å². The minimum atomic E-state index is -0.980. The lowest BCUT2D eigenvalue weighted by atomic mass is 10.0. The summed E-state index contributed by atoms with van der Waals surface area (Å²) in [6.07, 6.45) is 9.07. The first-order valence-corrected chi connectivity index (χ1v) is 15.5. The van der Waals surface area contributed by atoms with Crippen molar-refractivity contribution < 1.29 is 14.3 Å². The lowest BCUT2D eigenvalue weighted by molar-refractivity contribution is -0.148. The number of fused-ring (bicyclic) bond motifs is 5. The highest BCUT2D eigenvalue weighted by molar-refractivity contribution is 6.11. The quantitative estimate of drug-likeness (QED) is 0.442. The van der Waals surface area contributed by atoms with Gasteiger partial charge in [-0.1, -0.05) is 12.2 Å². The number of morpholine rings is 1. The Kier molecular flexibility index (Phi) is 7.35. The molecule has 4 aliphatic heterocycles. The molecule has 7 rings (SSSR count). The van der Waals surface area contributed by atoms with Gasteiger partial charge in [-0.25, -0.2) is 19.3 Å². The van der Waals surface area contributed by atoms with Crippen LogP contribution in [0.3, 0.4) is 0 Å². The van der Waals surface area contributed by atoms with Crippen LogP contribution in [0.1, 0.15) is 39.3 Å². The topological polar surface area (TPSA) is 122 Å². The van der Waals surface area contributed by atoms with Crippen LogP contribution in [0.15, 0.2) is 58.2 Å². The molecular formula is C32H39N9O4. The SMILES string of the molecule is COc1cc(Nc2ncc3c(=O)n4n(c3n2)C2CC=C3OC(C)(C)C(=O)N(CCC/C=C\C4)C3=N2)ccc1N1CCN(C)CC1. The van der Waals surface area contributed by atoms with Crippen LogP contribution < -0.4 is 20.5 Å². The average molecular weight is 614 g/mol. The molecule has 236 valence electrons. The molecule has 3 aromatic rings. The number of aromatic nitrogens is 4. The Morgan fingerprint density at radius 3 is 2.71 bits per heavy atom. The predicted molar refractivity (Wildman–Crippen MR) is 172 cm³/mol. The zero-order valence-electron chi connectivity index (χ0n) is 26.2. The van der Waals surface area contributed by atoms with Gasteiger partial charge in [-0.2, -0.15) is 4.98 Å². The Balaban J connectivity index is 1.26. The number of rotatable bonds is 4. The number of amides is 1. The molecule has 2 fully saturated rings. The van der Waals surface area contributed by atoms with Crippen LogP contribution in [0.25, 0.3) is 11.0 Å². The van der Waals surface area contributed by atoms with Crippen LogP contribution in [0.5, 0.6) is 5.75 Å². The number of likely N-dealkylation sites (N-methyl/N-ethyl adjacent to an activating group) is 1. The average Bonchev–Trinajstić information content (AvgIpc) is 3.30. The lowest BCUT2D eigenvalue weighted by Crippen LogP contribution is -2.56. The van der Waals surface area contributed by atoms with E-state index in [1.165, 1.54) is 0 Å². The molecule has 13 heteroatoms. The van der Waals surface area contributed by atoms with E-state index in [1.807, 2.05) is 29.0 Å². The lowest BCUT2D eigenvalue weighted by Gasteiger charge is -2.41. The van der Waals surface area contributed by atoms with Crippen molar-refractivity contribution >= 4 is 40.1 Å². The molecule has 1 atom stereocenters. The molecule has 0 radical (unpaired) electrons. The number of hydrogen-bond acceptors (Lipinski definition) is 10. The normalized spacial score (nSPS) is 22.4. The number of dihydropyridines is 1. The van der Waals surface area contributed by atoms with Crippen LogP contribution in [-0.4, -0.2) is 93.4 Å². The fraction of sp³-hybridized carbons (Fsp3) is 0.469. The first-order valence-electron chi connectivity index (χ1n) is 15.5. The van der Waals surface area contributed by atoms with Gasteiger partial charge in [-0.15, -0.1) is 0 Å². The largest absolute Gasteiger partial charge is 0.495 e. The number of piperazine rings is 1. The number of benzene rings is 1. The van der Waals surface area contributed by atoms with Crippen LogP contribution in [0.4, 0.5) is 17.3 Å². The molecule has 2 aromatic heterocycles. The fourth-order valence-electron chi connectivity index (χ4n) is 6.39. The summed E-state index contributed by atoms with van der Waals surface area (Å²) in [4.78, 5) is 47.8. The molecule has 4 aliphatic rings. The van der Waals surface area contributed by atoms with E-state index in [4.69, 9.17) is 19.5 Å². The minimum absolute atomic E-state index is 0.127. The Morgan fingerprint density at radius 2 is 1.91 bits per heavy atom. The van der Waals surface area contributed by atoms with E-state index in [2.05, 4.69) is 39.3 Å². The third-order valence-corrected chi connectivity index (χ3v) is 8.86. The molecule has 1 N–H and O–H groups in total. The minimum Gasteiger partial charge on any atom is -0.495 e. The number of carbonyl (C=O) groups is 1. The maximum absolute atomic E-state index is 13.7. The van der Waals surface area contributed by atoms with Crippen molar-refractivity contribution in [2.24, 2.45) is 4.99 Å². The number of hydrogen-bond donors (Lipinski definition) is 1. The van der Waals surface area contributed by atoms with Crippen molar-refractivity contribution in [2.45, 2.75) is 51.4 Å². The monoisotopic (exact) mass is 613 g/mol. The second-order valence-electron chi connectivity index (χ2n) is 12.4. The van der Waals surface area contributed by atoms with Gasteiger partial charge in [-0.05, 0) is 51.9 Å². The molecule has 13 nitrogen and oxygen atoms in total. The zero-order valence-corrected chi connectivity index (χ0v) is 26.2. The third kappa shape index (κ3) is 5.24. The highest BCUT2D eigenvalue weighted by Gasteiger charge is 2.45. The van der Waals surface area contributed by atoms with Gasteiger partial charge >= 0.3 is 0 Å². The number of carbonyl (C=O) groups excluding carboxylic acids is 1. The van der Waals surface area contributed by atoms with Crippen LogP contribution >= 0.6 is 0 Å². The fourth-order valence-corrected chi connectivity index (χ4v) is 6.39. The molecular weight excluding hydrogens is 574 g/mol. The van der Waals surface area contributed by atoms with E-state index in [-0.39, 0.29) is 11.5 Å². The number of allylic oxidation sites excluding steroid dienone is 2. The number of nitrogens with one attached hydrogen (secondary N) is 1. The molecule has 45 heavy (non-hydrogen) atoms. The van der Waals surface area contributed by atoms with E-state index in [0.29, 0.717) is 48.1 Å². The number of aliphatic imine (C=N–C) groups is 1. The van der Waals surface area contributed by atoms with E-state index in [1.54, 1.807) is 36.7 Å². The van der Waals surface area contributed by atoms with Crippen molar-refractivity contribution in [3.63, 3.8) is 0 Å². The van der Waals surface area contributed by atoms with Gasteiger partial charge < -0.3 is 24.6 Å². The summed E-state index contributed by atoms with van der Waals surface area (Å²) in [5.74, 6) is 2.08. The maximum atomic E-state index is 13.7. The van der Waals surface area contributed by atoms with E-state index < -0.39 is 11.8 Å². The molecule has 2 saturated heterocycles. The van der Waals surface area contributed by atoms with Crippen LogP contribution in [0.2, 0.25) is 0 Å². The van der Waals surface area contributed by atoms with E-state index in [9.17, 15) is 9.59 Å². The summed E-state index contributed by atoms with van der Waals surface area (Å²) in [5, 5.41) is 3.71. The number of nitrogens with zero attached hydrogens (tertiary/aromatic N) is 8. The number of methoxy groups -OCH3 is 1. The second kappa shape index (κ2) is 11.4. The van der Waals surface area contributed by atoms with Gasteiger partial charge in [0.2, 0.25) is 5.95 Å². The van der Waals surface area contributed by atoms with Gasteiger partial charge in [0.05, 0.1) is 19.3 Å². The van der Waals surface area contributed by atoms with Gasteiger partial charge in [0.25, 0.3) is 11.5 Å². The first kappa shape index (κ1) is 29.1. The van der Waals surface area contributed by atoms with Crippen molar-refractivity contribution in [1.82, 2.24) is 29.1 Å². The predicted octanol–water partition coefficient (Wildman–Crippen LogP) is 3.27. The highest BCUT2D eigenvalue weighted by Crippen LogP contribution is 2.35. The highest BCUT2D eigenvalue weighted by atomic mass is 16.5. The van der Waals surface area contributed by atoms with Gasteiger partial charge in [0, 0.05) is 57.1 Å². The summed E-state index contributed by atoms with van der Waals surface area (Å²) in [5.41, 5.74) is 1.10. The van der Waals surface area contributed by atoms with Crippen molar-refractivity contribution in [2.75, 3.05) is 57.1 Å². The standard InChI is InChI=1S/C32H39N9O4/c1-32(2)30(43)39-13-7-5-6-8-14-40-29(42)22-20-33-31(36-27(22)41(40)26-12-11-24(45-32)28(39)35-26)34-21-9-10-23(25(19-21)44-4)38-17-15-37(3)16-18-38/h6,8-11,19-20,26H,5,7,12-18H2,1-4H3,(H,33,34,36)/b8-6-. The first-order chi connectivity index (χ1) is 21.7. The summed E-state index contributed by atoms with van der Waals surface area (Å²) in [6, 6.07) is 5.98. The van der Waals surface area contributed by atoms with Crippen molar-refractivity contribution in [1.29, 1.82) is 0 Å². The summed E-state index contributed by atoms with van der Waals surface area (Å²) in [6.45, 7) is 8.33. The molecule has 0 saturated carbocycles. The van der Waals surface area contributed by atoms with E-state index >= 15 is 0 Å². The number of ether oxygens (including phenoxy) is 2. The Hall–Kier alpha value is -4.65. The molecule has 0 spiro atoms. The Morgan fingerprint density at radius 1 is 1.09 bits per heavy atom. The zero-order chi connectivity index (χ0) is 31.3. The maximum Gasteiger partial charge on any atom is 0.278 e. The van der Waals surface area contributed by atoms with Crippen LogP contribution in [-0.2, 0) is 16.1 Å². The molecule has 1 unspecified atom stereocenters. The number of amidine groups is 1. The third-order valence-electron chi connectivity index (χ3n) is 8.86. The van der Waals surface area contributed by atoms with Gasteiger partial charge in [0.1, 0.15) is 17.3 Å². The molecule has 0 aliphatic carbocycles. The summed E-state index contributed by atoms with van der Waals surface area (Å²) < 4.78 is 15.4. The molecule has 1 aromatic carbocycles. The molecule has 2 bridgehead atoms. The Labute approximate surface area is 261 Å². The van der Waals surface area contributed by atoms with Gasteiger partial charge in [0.15, 0.2) is 22.8 Å². The summed E-state index contributed by atoms with van der Waals surface area (Å²) >= 11 is 0. The van der Waals surface area contributed by atoms with E-state index in [0.717, 1.165) is 56.1 Å². The smallest absolute Gasteiger partial charge is 0.278 e. The summed E-state index contributed by atoms with van der Waals surface area (Å²) in [7, 11) is 3.81. The number of anilines is 3. The van der Waals surface area contributed by atoms with Crippen LogP contribution in [0, 0.1) is 0 Å². The Bertz CT molecular complexity index is 1800. The van der Waals surface area contributed by atoms with Gasteiger partial charge in [-0.3, -0.25) is 14.5 Å². The molecule has 1 amide bonds.